The summed E-state index contributed by atoms with van der Waals surface area (Å²) in [6, 6.07) is 0. The average molecular weight is 172 g/mol. The second kappa shape index (κ2) is 5.77. The minimum absolute atomic E-state index is 0.0265. The molecule has 0 aliphatic heterocycles. The number of carbonyl (C=O) groups is 1. The molecule has 0 aromatic rings. The zero-order valence-corrected chi connectivity index (χ0v) is 7.36. The van der Waals surface area contributed by atoms with E-state index < -0.39 is 12.1 Å². The molecular weight excluding hydrogens is 156 g/mol. The quantitative estimate of drug-likeness (QED) is 0.596. The van der Waals surface area contributed by atoms with Crippen LogP contribution in [0.1, 0.15) is 26.2 Å². The molecule has 0 radical (unpaired) electrons. The second-order valence-electron chi connectivity index (χ2n) is 2.86. The molecule has 70 valence electrons. The third kappa shape index (κ3) is 4.13. The Balaban J connectivity index is 3.92. The van der Waals surface area contributed by atoms with E-state index in [1.165, 1.54) is 0 Å². The molecule has 0 spiro atoms. The summed E-state index contributed by atoms with van der Waals surface area (Å²) in [7, 11) is 0. The molecule has 3 nitrogen and oxygen atoms in total. The van der Waals surface area contributed by atoms with Crippen LogP contribution in [0.5, 0.6) is 0 Å². The average Bonchev–Trinajstić information content (AvgIpc) is 1.98. The SMILES string of the molecule is C=CC[C@H](CC)[C@H](O)CC(=O)O. The first-order valence-corrected chi connectivity index (χ1v) is 4.12. The van der Waals surface area contributed by atoms with Gasteiger partial charge in [0.05, 0.1) is 12.5 Å². The molecule has 0 unspecified atom stereocenters. The van der Waals surface area contributed by atoms with E-state index in [0.29, 0.717) is 6.42 Å². The van der Waals surface area contributed by atoms with E-state index in [4.69, 9.17) is 5.11 Å². The Morgan fingerprint density at radius 2 is 2.25 bits per heavy atom. The molecule has 12 heavy (non-hydrogen) atoms. The topological polar surface area (TPSA) is 57.5 Å². The monoisotopic (exact) mass is 172 g/mol. The highest BCUT2D eigenvalue weighted by atomic mass is 16.4. The van der Waals surface area contributed by atoms with E-state index in [2.05, 4.69) is 6.58 Å². The largest absolute Gasteiger partial charge is 0.481 e. The van der Waals surface area contributed by atoms with E-state index in [1.54, 1.807) is 6.08 Å². The van der Waals surface area contributed by atoms with Crippen LogP contribution in [-0.4, -0.2) is 22.3 Å². The molecule has 0 rings (SSSR count). The van der Waals surface area contributed by atoms with Crippen molar-refractivity contribution in [2.45, 2.75) is 32.3 Å². The third-order valence-electron chi connectivity index (χ3n) is 1.92. The van der Waals surface area contributed by atoms with Gasteiger partial charge in [0.1, 0.15) is 0 Å². The van der Waals surface area contributed by atoms with Crippen molar-refractivity contribution in [1.82, 2.24) is 0 Å². The number of hydrogen-bond acceptors (Lipinski definition) is 2. The summed E-state index contributed by atoms with van der Waals surface area (Å²) >= 11 is 0. The number of allylic oxidation sites excluding steroid dienone is 1. The van der Waals surface area contributed by atoms with E-state index in [-0.39, 0.29) is 12.3 Å². The van der Waals surface area contributed by atoms with Gasteiger partial charge in [-0.15, -0.1) is 6.58 Å². The molecule has 2 atom stereocenters. The van der Waals surface area contributed by atoms with Gasteiger partial charge in [0.25, 0.3) is 0 Å². The molecular formula is C9H16O3. The van der Waals surface area contributed by atoms with Crippen LogP contribution in [0.2, 0.25) is 0 Å². The second-order valence-corrected chi connectivity index (χ2v) is 2.86. The number of aliphatic carboxylic acids is 1. The summed E-state index contributed by atoms with van der Waals surface area (Å²) in [5, 5.41) is 17.8. The van der Waals surface area contributed by atoms with Gasteiger partial charge in [-0.2, -0.15) is 0 Å². The first-order chi connectivity index (χ1) is 5.61. The molecule has 0 fully saturated rings. The number of carboxylic acid groups (broad SMARTS) is 1. The fourth-order valence-corrected chi connectivity index (χ4v) is 1.16. The highest BCUT2D eigenvalue weighted by Crippen LogP contribution is 2.16. The first-order valence-electron chi connectivity index (χ1n) is 4.12. The third-order valence-corrected chi connectivity index (χ3v) is 1.92. The van der Waals surface area contributed by atoms with Crippen LogP contribution in [0.3, 0.4) is 0 Å². The van der Waals surface area contributed by atoms with Crippen molar-refractivity contribution in [3.05, 3.63) is 12.7 Å². The maximum absolute atomic E-state index is 10.2. The van der Waals surface area contributed by atoms with Crippen LogP contribution in [0.4, 0.5) is 0 Å². The number of aliphatic hydroxyl groups excluding tert-OH is 1. The standard InChI is InChI=1S/C9H16O3/c1-3-5-7(4-2)8(10)6-9(11)12/h3,7-8,10H,1,4-6H2,2H3,(H,11,12)/t7-,8+/m0/s1. The van der Waals surface area contributed by atoms with E-state index in [1.807, 2.05) is 6.92 Å². The molecule has 0 aromatic carbocycles. The highest BCUT2D eigenvalue weighted by Gasteiger charge is 2.18. The molecule has 0 amide bonds. The molecule has 0 aliphatic carbocycles. The number of hydrogen-bond donors (Lipinski definition) is 2. The summed E-state index contributed by atoms with van der Waals surface area (Å²) in [5.74, 6) is -0.927. The van der Waals surface area contributed by atoms with E-state index >= 15 is 0 Å². The van der Waals surface area contributed by atoms with E-state index in [0.717, 1.165) is 6.42 Å². The Labute approximate surface area is 72.7 Å². The summed E-state index contributed by atoms with van der Waals surface area (Å²) in [5.41, 5.74) is 0. The predicted octanol–water partition coefficient (Wildman–Crippen LogP) is 1.42. The fourth-order valence-electron chi connectivity index (χ4n) is 1.16. The van der Waals surface area contributed by atoms with Crippen LogP contribution < -0.4 is 0 Å². The Kier molecular flexibility index (Phi) is 5.37. The molecule has 0 heterocycles. The van der Waals surface area contributed by atoms with Crippen molar-refractivity contribution in [2.24, 2.45) is 5.92 Å². The van der Waals surface area contributed by atoms with Gasteiger partial charge in [-0.1, -0.05) is 19.4 Å². The normalized spacial score (nSPS) is 15.2. The van der Waals surface area contributed by atoms with Crippen molar-refractivity contribution in [3.63, 3.8) is 0 Å². The Bertz CT molecular complexity index is 154. The summed E-state index contributed by atoms with van der Waals surface area (Å²) in [4.78, 5) is 10.2. The Hall–Kier alpha value is -0.830. The van der Waals surface area contributed by atoms with Crippen molar-refractivity contribution in [1.29, 1.82) is 0 Å². The minimum Gasteiger partial charge on any atom is -0.481 e. The Morgan fingerprint density at radius 3 is 2.58 bits per heavy atom. The van der Waals surface area contributed by atoms with Gasteiger partial charge >= 0.3 is 5.97 Å². The van der Waals surface area contributed by atoms with Gasteiger partial charge in [-0.3, -0.25) is 4.79 Å². The maximum Gasteiger partial charge on any atom is 0.305 e. The zero-order valence-electron chi connectivity index (χ0n) is 7.36. The minimum atomic E-state index is -0.954. The molecule has 0 bridgehead atoms. The predicted molar refractivity (Wildman–Crippen MR) is 46.9 cm³/mol. The van der Waals surface area contributed by atoms with Gasteiger partial charge in [-0.25, -0.2) is 0 Å². The van der Waals surface area contributed by atoms with Gasteiger partial charge in [-0.05, 0) is 12.3 Å². The number of rotatable bonds is 6. The van der Waals surface area contributed by atoms with Crippen LogP contribution in [0, 0.1) is 5.92 Å². The molecule has 0 aromatic heterocycles. The number of carboxylic acids is 1. The van der Waals surface area contributed by atoms with Crippen LogP contribution in [0.25, 0.3) is 0 Å². The lowest BCUT2D eigenvalue weighted by Gasteiger charge is -2.17. The highest BCUT2D eigenvalue weighted by molar-refractivity contribution is 5.67. The van der Waals surface area contributed by atoms with Crippen LogP contribution in [0.15, 0.2) is 12.7 Å². The lowest BCUT2D eigenvalue weighted by molar-refractivity contribution is -0.140. The van der Waals surface area contributed by atoms with Gasteiger partial charge in [0, 0.05) is 0 Å². The zero-order chi connectivity index (χ0) is 9.56. The molecule has 3 heteroatoms. The summed E-state index contributed by atoms with van der Waals surface area (Å²) in [6.07, 6.45) is 2.24. The van der Waals surface area contributed by atoms with E-state index in [9.17, 15) is 9.90 Å². The maximum atomic E-state index is 10.2. The summed E-state index contributed by atoms with van der Waals surface area (Å²) < 4.78 is 0. The lowest BCUT2D eigenvalue weighted by atomic mass is 9.94. The van der Waals surface area contributed by atoms with Gasteiger partial charge in [0.2, 0.25) is 0 Å². The summed E-state index contributed by atoms with van der Waals surface area (Å²) in [6.45, 7) is 5.48. The molecule has 0 saturated carbocycles. The molecule has 2 N–H and O–H groups in total. The van der Waals surface area contributed by atoms with Crippen molar-refractivity contribution >= 4 is 5.97 Å². The first kappa shape index (κ1) is 11.2. The molecule has 0 aliphatic rings. The fraction of sp³-hybridized carbons (Fsp3) is 0.667. The van der Waals surface area contributed by atoms with Crippen molar-refractivity contribution in [3.8, 4) is 0 Å². The van der Waals surface area contributed by atoms with Crippen LogP contribution in [-0.2, 0) is 4.79 Å². The van der Waals surface area contributed by atoms with Crippen molar-refractivity contribution in [2.75, 3.05) is 0 Å². The van der Waals surface area contributed by atoms with Crippen LogP contribution >= 0.6 is 0 Å². The van der Waals surface area contributed by atoms with Gasteiger partial charge in [0.15, 0.2) is 0 Å². The Morgan fingerprint density at radius 1 is 1.67 bits per heavy atom. The van der Waals surface area contributed by atoms with Crippen molar-refractivity contribution < 1.29 is 15.0 Å². The lowest BCUT2D eigenvalue weighted by Crippen LogP contribution is -2.22. The van der Waals surface area contributed by atoms with Gasteiger partial charge < -0.3 is 10.2 Å². The molecule has 0 saturated heterocycles. The smallest absolute Gasteiger partial charge is 0.305 e. The number of aliphatic hydroxyl groups is 1.